The van der Waals surface area contributed by atoms with E-state index in [1.165, 1.54) is 0 Å². The molecule has 0 saturated carbocycles. The van der Waals surface area contributed by atoms with Crippen LogP contribution in [-0.2, 0) is 22.4 Å². The van der Waals surface area contributed by atoms with Gasteiger partial charge in [-0.05, 0) is 48.9 Å². The molecular weight excluding hydrogens is 432 g/mol. The normalized spacial score (nSPS) is 18.4. The zero-order chi connectivity index (χ0) is 23.5. The molecule has 176 valence electrons. The summed E-state index contributed by atoms with van der Waals surface area (Å²) in [5.41, 5.74) is 4.70. The molecular formula is C26H28N4O4. The average Bonchev–Trinajstić information content (AvgIpc) is 3.51. The summed E-state index contributed by atoms with van der Waals surface area (Å²) in [4.78, 5) is 26.7. The molecule has 5 rings (SSSR count). The minimum Gasteiger partial charge on any atom is -0.465 e. The molecule has 0 radical (unpaired) electrons. The number of ether oxygens (including phenoxy) is 1. The lowest BCUT2D eigenvalue weighted by atomic mass is 10.0. The lowest BCUT2D eigenvalue weighted by Crippen LogP contribution is -2.49. The Kier molecular flexibility index (Phi) is 6.31. The number of hydrogen-bond donors (Lipinski definition) is 2. The summed E-state index contributed by atoms with van der Waals surface area (Å²) >= 11 is 0. The molecule has 1 unspecified atom stereocenters. The third-order valence-electron chi connectivity index (χ3n) is 6.52. The van der Waals surface area contributed by atoms with Crippen molar-refractivity contribution in [3.8, 4) is 11.3 Å². The van der Waals surface area contributed by atoms with Crippen molar-refractivity contribution in [3.63, 3.8) is 0 Å². The SMILES string of the molecule is O=C(O)NC(Cc1ccccc1)C(=O)N1CCc2ccc(-c3ccnn3[C@@H]3CCCCO3)cc21. The Bertz CT molecular complexity index is 1170. The van der Waals surface area contributed by atoms with Gasteiger partial charge in [-0.1, -0.05) is 42.5 Å². The Balaban J connectivity index is 1.42. The van der Waals surface area contributed by atoms with Gasteiger partial charge in [-0.3, -0.25) is 4.79 Å². The van der Waals surface area contributed by atoms with Gasteiger partial charge in [0, 0.05) is 37.0 Å². The van der Waals surface area contributed by atoms with Gasteiger partial charge >= 0.3 is 6.09 Å². The smallest absolute Gasteiger partial charge is 0.405 e. The number of rotatable bonds is 6. The molecule has 8 heteroatoms. The zero-order valence-corrected chi connectivity index (χ0v) is 18.9. The number of carbonyl (C=O) groups excluding carboxylic acids is 1. The fraction of sp³-hybridized carbons (Fsp3) is 0.346. The van der Waals surface area contributed by atoms with E-state index in [1.807, 2.05) is 53.2 Å². The molecule has 2 amide bonds. The molecule has 2 N–H and O–H groups in total. The molecule has 2 aromatic carbocycles. The topological polar surface area (TPSA) is 96.7 Å². The van der Waals surface area contributed by atoms with Gasteiger partial charge < -0.3 is 20.1 Å². The maximum absolute atomic E-state index is 13.5. The fourth-order valence-corrected chi connectivity index (χ4v) is 4.84. The molecule has 2 atom stereocenters. The highest BCUT2D eigenvalue weighted by molar-refractivity contribution is 6.01. The molecule has 2 aliphatic heterocycles. The lowest BCUT2D eigenvalue weighted by molar-refractivity contribution is -0.120. The maximum Gasteiger partial charge on any atom is 0.405 e. The van der Waals surface area contributed by atoms with E-state index in [4.69, 9.17) is 4.74 Å². The number of aromatic nitrogens is 2. The first-order valence-corrected chi connectivity index (χ1v) is 11.7. The molecule has 2 aliphatic rings. The number of fused-ring (bicyclic) bond motifs is 1. The number of anilines is 1. The number of amides is 2. The largest absolute Gasteiger partial charge is 0.465 e. The van der Waals surface area contributed by atoms with E-state index in [2.05, 4.69) is 16.5 Å². The Hall–Kier alpha value is -3.65. The summed E-state index contributed by atoms with van der Waals surface area (Å²) in [6.45, 7) is 1.25. The predicted molar refractivity (Wildman–Crippen MR) is 128 cm³/mol. The first kappa shape index (κ1) is 22.2. The standard InChI is InChI=1S/C26H28N4O4/c31-25(21(28-26(32)33)16-18-6-2-1-3-7-18)29-14-12-19-9-10-20(17-23(19)29)22-11-13-27-30(22)24-8-4-5-15-34-24/h1-3,6-7,9-11,13,17,21,24,28H,4-5,8,12,14-16H2,(H,32,33)/t21?,24-/m0/s1. The van der Waals surface area contributed by atoms with E-state index in [-0.39, 0.29) is 12.1 Å². The van der Waals surface area contributed by atoms with Gasteiger partial charge in [-0.15, -0.1) is 0 Å². The molecule has 0 aliphatic carbocycles. The van der Waals surface area contributed by atoms with Crippen molar-refractivity contribution in [2.24, 2.45) is 0 Å². The second-order valence-corrected chi connectivity index (χ2v) is 8.76. The average molecular weight is 461 g/mol. The van der Waals surface area contributed by atoms with Gasteiger partial charge in [0.2, 0.25) is 5.91 Å². The van der Waals surface area contributed by atoms with Crippen LogP contribution < -0.4 is 10.2 Å². The van der Waals surface area contributed by atoms with E-state index < -0.39 is 12.1 Å². The van der Waals surface area contributed by atoms with Crippen LogP contribution in [0.25, 0.3) is 11.3 Å². The molecule has 3 heterocycles. The third kappa shape index (κ3) is 4.54. The summed E-state index contributed by atoms with van der Waals surface area (Å²) in [6.07, 6.45) is 4.61. The highest BCUT2D eigenvalue weighted by Gasteiger charge is 2.32. The summed E-state index contributed by atoms with van der Waals surface area (Å²) in [5.74, 6) is -0.244. The number of nitrogens with zero attached hydrogens (tertiary/aromatic N) is 3. The summed E-state index contributed by atoms with van der Waals surface area (Å²) in [7, 11) is 0. The van der Waals surface area contributed by atoms with Gasteiger partial charge in [-0.2, -0.15) is 5.10 Å². The minimum atomic E-state index is -1.21. The van der Waals surface area contributed by atoms with Gasteiger partial charge in [0.05, 0.1) is 5.69 Å². The number of carboxylic acid groups (broad SMARTS) is 1. The van der Waals surface area contributed by atoms with Crippen LogP contribution in [0.3, 0.4) is 0 Å². The number of hydrogen-bond acceptors (Lipinski definition) is 4. The van der Waals surface area contributed by atoms with Crippen LogP contribution in [0.1, 0.15) is 36.6 Å². The van der Waals surface area contributed by atoms with Crippen molar-refractivity contribution in [3.05, 3.63) is 71.9 Å². The van der Waals surface area contributed by atoms with E-state index in [0.717, 1.165) is 60.4 Å². The van der Waals surface area contributed by atoms with Crippen molar-refractivity contribution < 1.29 is 19.4 Å². The van der Waals surface area contributed by atoms with E-state index >= 15 is 0 Å². The molecule has 1 saturated heterocycles. The molecule has 1 aromatic heterocycles. The Morgan fingerprint density at radius 3 is 2.76 bits per heavy atom. The highest BCUT2D eigenvalue weighted by atomic mass is 16.5. The van der Waals surface area contributed by atoms with Crippen molar-refractivity contribution in [2.45, 2.75) is 44.4 Å². The first-order valence-electron chi connectivity index (χ1n) is 11.7. The molecule has 1 fully saturated rings. The van der Waals surface area contributed by atoms with Crippen molar-refractivity contribution >= 4 is 17.7 Å². The molecule has 0 bridgehead atoms. The monoisotopic (exact) mass is 460 g/mol. The van der Waals surface area contributed by atoms with E-state index in [1.54, 1.807) is 11.1 Å². The number of nitrogens with one attached hydrogen (secondary N) is 1. The Labute approximate surface area is 198 Å². The van der Waals surface area contributed by atoms with E-state index in [0.29, 0.717) is 13.0 Å². The van der Waals surface area contributed by atoms with Crippen LogP contribution in [0.5, 0.6) is 0 Å². The van der Waals surface area contributed by atoms with Crippen LogP contribution in [0.15, 0.2) is 60.8 Å². The van der Waals surface area contributed by atoms with Crippen molar-refractivity contribution in [1.82, 2.24) is 15.1 Å². The zero-order valence-electron chi connectivity index (χ0n) is 18.9. The molecule has 8 nitrogen and oxygen atoms in total. The second-order valence-electron chi connectivity index (χ2n) is 8.76. The summed E-state index contributed by atoms with van der Waals surface area (Å²) < 4.78 is 7.86. The van der Waals surface area contributed by atoms with Crippen molar-refractivity contribution in [1.29, 1.82) is 0 Å². The van der Waals surface area contributed by atoms with Crippen molar-refractivity contribution in [2.75, 3.05) is 18.1 Å². The Morgan fingerprint density at radius 1 is 1.15 bits per heavy atom. The lowest BCUT2D eigenvalue weighted by Gasteiger charge is -2.26. The van der Waals surface area contributed by atoms with Crippen LogP contribution in [0.2, 0.25) is 0 Å². The molecule has 34 heavy (non-hydrogen) atoms. The predicted octanol–water partition coefficient (Wildman–Crippen LogP) is 4.02. The fourth-order valence-electron chi connectivity index (χ4n) is 4.84. The molecule has 0 spiro atoms. The Morgan fingerprint density at radius 2 is 2.00 bits per heavy atom. The van der Waals surface area contributed by atoms with Crippen LogP contribution in [0, 0.1) is 0 Å². The third-order valence-corrected chi connectivity index (χ3v) is 6.52. The van der Waals surface area contributed by atoms with Crippen LogP contribution in [-0.4, -0.2) is 46.1 Å². The molecule has 3 aromatic rings. The maximum atomic E-state index is 13.5. The summed E-state index contributed by atoms with van der Waals surface area (Å²) in [5, 5.41) is 16.3. The number of carbonyl (C=O) groups is 2. The van der Waals surface area contributed by atoms with Gasteiger partial charge in [0.25, 0.3) is 0 Å². The minimum absolute atomic E-state index is 0.0836. The van der Waals surface area contributed by atoms with Gasteiger partial charge in [0.15, 0.2) is 6.23 Å². The second kappa shape index (κ2) is 9.69. The quantitative estimate of drug-likeness (QED) is 0.579. The van der Waals surface area contributed by atoms with E-state index in [9.17, 15) is 14.7 Å². The number of benzene rings is 2. The van der Waals surface area contributed by atoms with Gasteiger partial charge in [0.1, 0.15) is 6.04 Å². The first-order chi connectivity index (χ1) is 16.6. The van der Waals surface area contributed by atoms with Crippen LogP contribution in [0.4, 0.5) is 10.5 Å². The summed E-state index contributed by atoms with van der Waals surface area (Å²) in [6, 6.07) is 16.7. The van der Waals surface area contributed by atoms with Gasteiger partial charge in [-0.25, -0.2) is 9.48 Å². The van der Waals surface area contributed by atoms with Crippen LogP contribution >= 0.6 is 0 Å². The highest BCUT2D eigenvalue weighted by Crippen LogP contribution is 2.35.